The van der Waals surface area contributed by atoms with E-state index in [1.54, 1.807) is 12.4 Å². The molecule has 0 bridgehead atoms. The summed E-state index contributed by atoms with van der Waals surface area (Å²) in [5.74, 6) is 6.52. The second-order valence-electron chi connectivity index (χ2n) is 3.85. The van der Waals surface area contributed by atoms with Gasteiger partial charge < -0.3 is 4.74 Å². The molecule has 18 heavy (non-hydrogen) atoms. The molecule has 1 aromatic carbocycles. The highest BCUT2D eigenvalue weighted by atomic mass is 16.5. The van der Waals surface area contributed by atoms with Crippen molar-refractivity contribution in [2.75, 3.05) is 6.61 Å². The van der Waals surface area contributed by atoms with Crippen LogP contribution in [0.4, 0.5) is 0 Å². The molecule has 0 saturated heterocycles. The molecule has 4 nitrogen and oxygen atoms in total. The zero-order valence-electron chi connectivity index (χ0n) is 10.3. The molecule has 4 heteroatoms. The lowest BCUT2D eigenvalue weighted by Gasteiger charge is -2.19. The van der Waals surface area contributed by atoms with Crippen LogP contribution in [0.1, 0.15) is 24.1 Å². The summed E-state index contributed by atoms with van der Waals surface area (Å²) in [5.41, 5.74) is 4.90. The van der Waals surface area contributed by atoms with E-state index >= 15 is 0 Å². The van der Waals surface area contributed by atoms with E-state index in [1.165, 1.54) is 0 Å². The Morgan fingerprint density at radius 3 is 2.61 bits per heavy atom. The van der Waals surface area contributed by atoms with E-state index in [2.05, 4.69) is 10.4 Å². The molecule has 2 rings (SSSR count). The van der Waals surface area contributed by atoms with Crippen molar-refractivity contribution in [1.29, 1.82) is 0 Å². The van der Waals surface area contributed by atoms with E-state index < -0.39 is 0 Å². The van der Waals surface area contributed by atoms with Crippen LogP contribution in [0, 0.1) is 0 Å². The summed E-state index contributed by atoms with van der Waals surface area (Å²) in [6.45, 7) is 2.60. The Labute approximate surface area is 107 Å². The number of pyridine rings is 1. The Bertz CT molecular complexity index is 487. The Hall–Kier alpha value is -1.91. The van der Waals surface area contributed by atoms with Crippen molar-refractivity contribution in [3.8, 4) is 5.75 Å². The Morgan fingerprint density at radius 2 is 1.94 bits per heavy atom. The number of nitrogens with one attached hydrogen (secondary N) is 1. The number of para-hydroxylation sites is 1. The van der Waals surface area contributed by atoms with Gasteiger partial charge in [-0.15, -0.1) is 0 Å². The first kappa shape index (κ1) is 12.5. The lowest BCUT2D eigenvalue weighted by atomic mass is 9.99. The van der Waals surface area contributed by atoms with Crippen LogP contribution in [0.15, 0.2) is 48.8 Å². The Kier molecular flexibility index (Phi) is 4.28. The van der Waals surface area contributed by atoms with Gasteiger partial charge in [0.1, 0.15) is 5.75 Å². The van der Waals surface area contributed by atoms with Gasteiger partial charge in [0.2, 0.25) is 0 Å². The standard InChI is InChI=1S/C14H17N3O/c1-2-18-13-6-4-3-5-12(13)14(17-15)11-7-9-16-10-8-11/h3-10,14,17H,2,15H2,1H3. The van der Waals surface area contributed by atoms with Gasteiger partial charge in [-0.3, -0.25) is 10.8 Å². The van der Waals surface area contributed by atoms with Crippen molar-refractivity contribution in [2.45, 2.75) is 13.0 Å². The van der Waals surface area contributed by atoms with Crippen LogP contribution in [0.2, 0.25) is 0 Å². The lowest BCUT2D eigenvalue weighted by molar-refractivity contribution is 0.333. The third kappa shape index (κ3) is 2.67. The fraction of sp³-hybridized carbons (Fsp3) is 0.214. The summed E-state index contributed by atoms with van der Waals surface area (Å²) in [5, 5.41) is 0. The predicted octanol–water partition coefficient (Wildman–Crippen LogP) is 2.03. The average Bonchev–Trinajstić information content (AvgIpc) is 2.43. The number of aromatic nitrogens is 1. The van der Waals surface area contributed by atoms with Crippen LogP contribution in [-0.4, -0.2) is 11.6 Å². The normalized spacial score (nSPS) is 12.1. The molecular weight excluding hydrogens is 226 g/mol. The number of nitrogens with two attached hydrogens (primary N) is 1. The van der Waals surface area contributed by atoms with Gasteiger partial charge >= 0.3 is 0 Å². The molecule has 0 aliphatic carbocycles. The SMILES string of the molecule is CCOc1ccccc1C(NN)c1ccncc1. The number of rotatable bonds is 5. The van der Waals surface area contributed by atoms with Gasteiger partial charge in [0.05, 0.1) is 12.6 Å². The molecule has 1 heterocycles. The third-order valence-corrected chi connectivity index (χ3v) is 2.74. The first-order chi connectivity index (χ1) is 8.86. The van der Waals surface area contributed by atoms with Crippen molar-refractivity contribution < 1.29 is 4.74 Å². The molecule has 0 aliphatic rings. The number of hydrazine groups is 1. The van der Waals surface area contributed by atoms with Crippen LogP contribution in [0.25, 0.3) is 0 Å². The van der Waals surface area contributed by atoms with Crippen LogP contribution in [0.3, 0.4) is 0 Å². The second kappa shape index (κ2) is 6.14. The molecule has 0 radical (unpaired) electrons. The Morgan fingerprint density at radius 1 is 1.22 bits per heavy atom. The smallest absolute Gasteiger partial charge is 0.124 e. The summed E-state index contributed by atoms with van der Waals surface area (Å²) >= 11 is 0. The molecule has 3 N–H and O–H groups in total. The van der Waals surface area contributed by atoms with Crippen molar-refractivity contribution in [3.63, 3.8) is 0 Å². The van der Waals surface area contributed by atoms with Crippen LogP contribution in [-0.2, 0) is 0 Å². The van der Waals surface area contributed by atoms with Gasteiger partial charge in [-0.1, -0.05) is 18.2 Å². The van der Waals surface area contributed by atoms with E-state index in [1.807, 2.05) is 43.3 Å². The first-order valence-corrected chi connectivity index (χ1v) is 5.94. The fourth-order valence-electron chi connectivity index (χ4n) is 1.93. The molecule has 1 atom stereocenters. The molecule has 94 valence electrons. The predicted molar refractivity (Wildman–Crippen MR) is 71.0 cm³/mol. The fourth-order valence-corrected chi connectivity index (χ4v) is 1.93. The maximum atomic E-state index is 5.68. The summed E-state index contributed by atoms with van der Waals surface area (Å²) in [6, 6.07) is 11.7. The molecule has 0 fully saturated rings. The van der Waals surface area contributed by atoms with E-state index in [9.17, 15) is 0 Å². The molecule has 0 spiro atoms. The van der Waals surface area contributed by atoms with Gasteiger partial charge in [-0.2, -0.15) is 0 Å². The summed E-state index contributed by atoms with van der Waals surface area (Å²) in [6.07, 6.45) is 3.51. The van der Waals surface area contributed by atoms with E-state index in [0.29, 0.717) is 6.61 Å². The number of nitrogens with zero attached hydrogens (tertiary/aromatic N) is 1. The van der Waals surface area contributed by atoms with Gasteiger partial charge in [0.15, 0.2) is 0 Å². The minimum atomic E-state index is -0.101. The highest BCUT2D eigenvalue weighted by Crippen LogP contribution is 2.29. The van der Waals surface area contributed by atoms with Crippen LogP contribution < -0.4 is 16.0 Å². The number of hydrogen-bond acceptors (Lipinski definition) is 4. The maximum Gasteiger partial charge on any atom is 0.124 e. The summed E-state index contributed by atoms with van der Waals surface area (Å²) in [4.78, 5) is 4.01. The molecular formula is C14H17N3O. The van der Waals surface area contributed by atoms with Gasteiger partial charge in [-0.25, -0.2) is 5.43 Å². The summed E-state index contributed by atoms with van der Waals surface area (Å²) < 4.78 is 5.63. The first-order valence-electron chi connectivity index (χ1n) is 5.94. The largest absolute Gasteiger partial charge is 0.494 e. The van der Waals surface area contributed by atoms with E-state index in [-0.39, 0.29) is 6.04 Å². The number of ether oxygens (including phenoxy) is 1. The molecule has 2 aromatic rings. The molecule has 0 saturated carbocycles. The van der Waals surface area contributed by atoms with Gasteiger partial charge in [-0.05, 0) is 30.7 Å². The van der Waals surface area contributed by atoms with Crippen molar-refractivity contribution in [2.24, 2.45) is 5.84 Å². The van der Waals surface area contributed by atoms with Gasteiger partial charge in [0, 0.05) is 18.0 Å². The minimum Gasteiger partial charge on any atom is -0.494 e. The van der Waals surface area contributed by atoms with Crippen molar-refractivity contribution in [3.05, 3.63) is 59.9 Å². The number of hydrogen-bond donors (Lipinski definition) is 2. The zero-order valence-corrected chi connectivity index (χ0v) is 10.3. The highest BCUT2D eigenvalue weighted by molar-refractivity contribution is 5.41. The average molecular weight is 243 g/mol. The summed E-state index contributed by atoms with van der Waals surface area (Å²) in [7, 11) is 0. The Balaban J connectivity index is 2.39. The molecule has 1 unspecified atom stereocenters. The van der Waals surface area contributed by atoms with Crippen LogP contribution in [0.5, 0.6) is 5.75 Å². The van der Waals surface area contributed by atoms with E-state index in [0.717, 1.165) is 16.9 Å². The molecule has 0 aliphatic heterocycles. The molecule has 0 amide bonds. The monoisotopic (exact) mass is 243 g/mol. The lowest BCUT2D eigenvalue weighted by Crippen LogP contribution is -2.29. The molecule has 1 aromatic heterocycles. The minimum absolute atomic E-state index is 0.101. The third-order valence-electron chi connectivity index (χ3n) is 2.74. The zero-order chi connectivity index (χ0) is 12.8. The maximum absolute atomic E-state index is 5.68. The topological polar surface area (TPSA) is 60.2 Å². The quantitative estimate of drug-likeness (QED) is 0.623. The van der Waals surface area contributed by atoms with Crippen molar-refractivity contribution in [1.82, 2.24) is 10.4 Å². The highest BCUT2D eigenvalue weighted by Gasteiger charge is 2.16. The van der Waals surface area contributed by atoms with Crippen LogP contribution >= 0.6 is 0 Å². The van der Waals surface area contributed by atoms with E-state index in [4.69, 9.17) is 10.6 Å². The van der Waals surface area contributed by atoms with Crippen molar-refractivity contribution >= 4 is 0 Å². The van der Waals surface area contributed by atoms with Gasteiger partial charge in [0.25, 0.3) is 0 Å². The second-order valence-corrected chi connectivity index (χ2v) is 3.85. The number of benzene rings is 1.